The van der Waals surface area contributed by atoms with Crippen molar-refractivity contribution in [2.45, 2.75) is 129 Å². The molecule has 0 aliphatic heterocycles. The van der Waals surface area contributed by atoms with Gasteiger partial charge in [0.2, 0.25) is 0 Å². The Hall–Kier alpha value is -1.99. The van der Waals surface area contributed by atoms with Crippen molar-refractivity contribution in [2.75, 3.05) is 13.2 Å². The van der Waals surface area contributed by atoms with Crippen molar-refractivity contribution in [2.24, 2.45) is 0 Å². The zero-order chi connectivity index (χ0) is 25.0. The van der Waals surface area contributed by atoms with E-state index in [0.717, 1.165) is 19.3 Å². The van der Waals surface area contributed by atoms with Gasteiger partial charge >= 0.3 is 18.2 Å². The number of hydrogen-bond acceptors (Lipinski definition) is 5. The number of aliphatic carboxylic acids is 1. The quantitative estimate of drug-likeness (QED) is 0.194. The molecule has 0 heterocycles. The third kappa shape index (κ3) is 21.6. The molecule has 2 amide bonds. The minimum absolute atomic E-state index is 0.286. The Morgan fingerprint density at radius 1 is 0.758 bits per heavy atom. The maximum absolute atomic E-state index is 11.7. The molecule has 0 aromatic carbocycles. The molecular formula is C25H48N2O6. The van der Waals surface area contributed by atoms with Gasteiger partial charge in [0.05, 0.1) is 13.2 Å². The molecule has 0 radical (unpaired) electrons. The SMILES string of the molecule is CCCCCCCCCCCCCCCCOC(=O)NC[C@H](NC(=O)OC(C)(C)C)C(=O)O. The normalized spacial score (nSPS) is 12.1. The van der Waals surface area contributed by atoms with Crippen molar-refractivity contribution in [1.82, 2.24) is 10.6 Å². The van der Waals surface area contributed by atoms with Gasteiger partial charge in [-0.1, -0.05) is 90.4 Å². The number of unbranched alkanes of at least 4 members (excludes halogenated alkanes) is 13. The highest BCUT2D eigenvalue weighted by atomic mass is 16.6. The van der Waals surface area contributed by atoms with Crippen molar-refractivity contribution in [3.63, 3.8) is 0 Å². The van der Waals surface area contributed by atoms with Crippen LogP contribution in [0.25, 0.3) is 0 Å². The van der Waals surface area contributed by atoms with Crippen LogP contribution in [0, 0.1) is 0 Å². The largest absolute Gasteiger partial charge is 0.480 e. The molecule has 0 aromatic heterocycles. The number of ether oxygens (including phenoxy) is 2. The summed E-state index contributed by atoms with van der Waals surface area (Å²) in [6, 6.07) is -1.30. The van der Waals surface area contributed by atoms with Gasteiger partial charge in [-0.3, -0.25) is 0 Å². The molecule has 0 aliphatic carbocycles. The number of alkyl carbamates (subject to hydrolysis) is 2. The van der Waals surface area contributed by atoms with E-state index in [1.165, 1.54) is 70.6 Å². The van der Waals surface area contributed by atoms with E-state index in [0.29, 0.717) is 6.61 Å². The zero-order valence-electron chi connectivity index (χ0n) is 21.4. The Morgan fingerprint density at radius 3 is 1.64 bits per heavy atom. The van der Waals surface area contributed by atoms with E-state index in [2.05, 4.69) is 17.6 Å². The van der Waals surface area contributed by atoms with Crippen molar-refractivity contribution < 1.29 is 29.0 Å². The topological polar surface area (TPSA) is 114 Å². The fraction of sp³-hybridized carbons (Fsp3) is 0.880. The summed E-state index contributed by atoms with van der Waals surface area (Å²) in [6.45, 7) is 7.28. The van der Waals surface area contributed by atoms with E-state index >= 15 is 0 Å². The number of carboxylic acids is 1. The molecule has 0 saturated heterocycles. The van der Waals surface area contributed by atoms with Crippen molar-refractivity contribution in [3.8, 4) is 0 Å². The summed E-state index contributed by atoms with van der Waals surface area (Å²) in [5.74, 6) is -1.27. The lowest BCUT2D eigenvalue weighted by Crippen LogP contribution is -2.49. The van der Waals surface area contributed by atoms with Crippen LogP contribution in [0.5, 0.6) is 0 Å². The Bertz CT molecular complexity index is 533. The summed E-state index contributed by atoms with van der Waals surface area (Å²) in [5, 5.41) is 13.8. The van der Waals surface area contributed by atoms with Gasteiger partial charge in [-0.2, -0.15) is 0 Å². The van der Waals surface area contributed by atoms with Gasteiger partial charge in [0.15, 0.2) is 0 Å². The average molecular weight is 473 g/mol. The van der Waals surface area contributed by atoms with E-state index < -0.39 is 29.8 Å². The van der Waals surface area contributed by atoms with E-state index in [9.17, 15) is 19.5 Å². The molecule has 0 bridgehead atoms. The van der Waals surface area contributed by atoms with E-state index in [-0.39, 0.29) is 6.54 Å². The van der Waals surface area contributed by atoms with Crippen LogP contribution >= 0.6 is 0 Å². The lowest BCUT2D eigenvalue weighted by atomic mass is 10.0. The number of carbonyl (C=O) groups excluding carboxylic acids is 2. The minimum Gasteiger partial charge on any atom is -0.480 e. The summed E-state index contributed by atoms with van der Waals surface area (Å²) >= 11 is 0. The number of rotatable bonds is 19. The lowest BCUT2D eigenvalue weighted by molar-refractivity contribution is -0.139. The van der Waals surface area contributed by atoms with E-state index in [4.69, 9.17) is 9.47 Å². The average Bonchev–Trinajstić information content (AvgIpc) is 2.72. The van der Waals surface area contributed by atoms with Crippen molar-refractivity contribution >= 4 is 18.2 Å². The fourth-order valence-corrected chi connectivity index (χ4v) is 3.35. The molecule has 33 heavy (non-hydrogen) atoms. The first kappa shape index (κ1) is 31.0. The van der Waals surface area contributed by atoms with Gasteiger partial charge in [0.25, 0.3) is 0 Å². The highest BCUT2D eigenvalue weighted by molar-refractivity contribution is 5.81. The molecule has 0 aromatic rings. The molecule has 1 atom stereocenters. The Kier molecular flexibility index (Phi) is 18.3. The Labute approximate surface area is 200 Å². The third-order valence-electron chi connectivity index (χ3n) is 5.17. The maximum Gasteiger partial charge on any atom is 0.408 e. The number of hydrogen-bond donors (Lipinski definition) is 3. The number of carboxylic acid groups (broad SMARTS) is 1. The first-order valence-electron chi connectivity index (χ1n) is 12.8. The molecule has 0 aliphatic rings. The standard InChI is InChI=1S/C25H48N2O6/c1-5-6-7-8-9-10-11-12-13-14-15-16-17-18-19-32-23(30)26-20-21(22(28)29)27-24(31)33-25(2,3)4/h21H,5-20H2,1-4H3,(H,26,30)(H,27,31)(H,28,29)/t21-/m0/s1. The monoisotopic (exact) mass is 472 g/mol. The summed E-state index contributed by atoms with van der Waals surface area (Å²) in [5.41, 5.74) is -0.743. The second kappa shape index (κ2) is 19.5. The first-order chi connectivity index (χ1) is 15.7. The van der Waals surface area contributed by atoms with E-state index in [1.807, 2.05) is 0 Å². The second-order valence-corrected chi connectivity index (χ2v) is 9.65. The van der Waals surface area contributed by atoms with Gasteiger partial charge in [-0.05, 0) is 27.2 Å². The predicted molar refractivity (Wildman–Crippen MR) is 130 cm³/mol. The van der Waals surface area contributed by atoms with Crippen LogP contribution in [0.3, 0.4) is 0 Å². The molecule has 194 valence electrons. The fourth-order valence-electron chi connectivity index (χ4n) is 3.35. The minimum atomic E-state index is -1.30. The summed E-state index contributed by atoms with van der Waals surface area (Å²) in [4.78, 5) is 34.7. The summed E-state index contributed by atoms with van der Waals surface area (Å²) in [6.07, 6.45) is 16.0. The lowest BCUT2D eigenvalue weighted by Gasteiger charge is -2.22. The molecular weight excluding hydrogens is 424 g/mol. The van der Waals surface area contributed by atoms with Crippen LogP contribution in [0.4, 0.5) is 9.59 Å². The van der Waals surface area contributed by atoms with Gasteiger partial charge in [-0.25, -0.2) is 14.4 Å². The van der Waals surface area contributed by atoms with Gasteiger partial charge in [-0.15, -0.1) is 0 Å². The molecule has 8 heteroatoms. The number of carbonyl (C=O) groups is 3. The maximum atomic E-state index is 11.7. The second-order valence-electron chi connectivity index (χ2n) is 9.65. The van der Waals surface area contributed by atoms with Crippen LogP contribution < -0.4 is 10.6 Å². The molecule has 8 nitrogen and oxygen atoms in total. The summed E-state index contributed by atoms with van der Waals surface area (Å²) in [7, 11) is 0. The Balaban J connectivity index is 3.64. The zero-order valence-corrected chi connectivity index (χ0v) is 21.4. The Morgan fingerprint density at radius 2 is 1.21 bits per heavy atom. The highest BCUT2D eigenvalue weighted by Crippen LogP contribution is 2.13. The first-order valence-corrected chi connectivity index (χ1v) is 12.8. The molecule has 0 spiro atoms. The third-order valence-corrected chi connectivity index (χ3v) is 5.17. The predicted octanol–water partition coefficient (Wildman–Crippen LogP) is 6.17. The summed E-state index contributed by atoms with van der Waals surface area (Å²) < 4.78 is 10.1. The van der Waals surface area contributed by atoms with E-state index in [1.54, 1.807) is 20.8 Å². The highest BCUT2D eigenvalue weighted by Gasteiger charge is 2.24. The van der Waals surface area contributed by atoms with Crippen molar-refractivity contribution in [1.29, 1.82) is 0 Å². The molecule has 0 rings (SSSR count). The van der Waals surface area contributed by atoms with Crippen LogP contribution in [0.2, 0.25) is 0 Å². The van der Waals surface area contributed by atoms with Crippen LogP contribution in [0.15, 0.2) is 0 Å². The van der Waals surface area contributed by atoms with Crippen LogP contribution in [-0.2, 0) is 14.3 Å². The van der Waals surface area contributed by atoms with Gasteiger partial charge in [0, 0.05) is 0 Å². The molecule has 0 saturated carbocycles. The van der Waals surface area contributed by atoms with Gasteiger partial charge < -0.3 is 25.2 Å². The van der Waals surface area contributed by atoms with Crippen LogP contribution in [0.1, 0.15) is 118 Å². The van der Waals surface area contributed by atoms with Crippen LogP contribution in [-0.4, -0.2) is 48.1 Å². The molecule has 0 fully saturated rings. The smallest absolute Gasteiger partial charge is 0.408 e. The molecule has 0 unspecified atom stereocenters. The van der Waals surface area contributed by atoms with Crippen molar-refractivity contribution in [3.05, 3.63) is 0 Å². The number of amides is 2. The van der Waals surface area contributed by atoms with Gasteiger partial charge in [0.1, 0.15) is 11.6 Å². The number of nitrogens with one attached hydrogen (secondary N) is 2. The molecule has 3 N–H and O–H groups in total.